The molecule has 150 valence electrons. The molecule has 0 aromatic heterocycles. The molecule has 5 nitrogen and oxygen atoms in total. The molecule has 7 heteroatoms. The minimum atomic E-state index is -4.09. The molecule has 0 aliphatic carbocycles. The van der Waals surface area contributed by atoms with Crippen LogP contribution in [-0.2, 0) is 14.8 Å². The number of hydrogen-bond acceptors (Lipinski definition) is 4. The number of aryl methyl sites for hydroxylation is 2. The molecule has 0 fully saturated rings. The van der Waals surface area contributed by atoms with Crippen molar-refractivity contribution in [3.63, 3.8) is 0 Å². The van der Waals surface area contributed by atoms with Crippen molar-refractivity contribution >= 4 is 37.5 Å². The summed E-state index contributed by atoms with van der Waals surface area (Å²) in [6.07, 6.45) is 0. The van der Waals surface area contributed by atoms with E-state index in [0.29, 0.717) is 5.75 Å². The average Bonchev–Trinajstić information content (AvgIpc) is 2.70. The van der Waals surface area contributed by atoms with Crippen LogP contribution in [0.5, 0.6) is 5.75 Å². The number of rotatable bonds is 6. The van der Waals surface area contributed by atoms with E-state index in [1.54, 1.807) is 54.6 Å². The summed E-state index contributed by atoms with van der Waals surface area (Å²) >= 11 is 3.41. The number of nitrogens with zero attached hydrogens (tertiary/aromatic N) is 1. The van der Waals surface area contributed by atoms with Gasteiger partial charge in [-0.15, -0.1) is 0 Å². The van der Waals surface area contributed by atoms with Crippen molar-refractivity contribution in [2.75, 3.05) is 10.9 Å². The second-order valence-corrected chi connectivity index (χ2v) is 9.15. The van der Waals surface area contributed by atoms with Crippen molar-refractivity contribution in [1.29, 1.82) is 0 Å². The Bertz CT molecular complexity index is 1110. The Morgan fingerprint density at radius 2 is 1.62 bits per heavy atom. The summed E-state index contributed by atoms with van der Waals surface area (Å²) < 4.78 is 33.8. The predicted octanol–water partition coefficient (Wildman–Crippen LogP) is 4.87. The summed E-state index contributed by atoms with van der Waals surface area (Å²) in [5.41, 5.74) is 2.13. The van der Waals surface area contributed by atoms with Gasteiger partial charge in [-0.25, -0.2) is 8.42 Å². The van der Waals surface area contributed by atoms with Crippen molar-refractivity contribution in [1.82, 2.24) is 0 Å². The zero-order chi connectivity index (χ0) is 21.0. The molecule has 0 heterocycles. The number of sulfonamides is 1. The van der Waals surface area contributed by atoms with Crippen LogP contribution in [0.2, 0.25) is 0 Å². The van der Waals surface area contributed by atoms with Crippen LogP contribution >= 0.6 is 15.9 Å². The number of carbonyl (C=O) groups excluding carboxylic acids is 1. The summed E-state index contributed by atoms with van der Waals surface area (Å²) in [6, 6.07) is 19.9. The van der Waals surface area contributed by atoms with E-state index in [2.05, 4.69) is 15.9 Å². The van der Waals surface area contributed by atoms with Crippen LogP contribution < -0.4 is 9.04 Å². The van der Waals surface area contributed by atoms with Gasteiger partial charge in [0.1, 0.15) is 5.75 Å². The fraction of sp³-hybridized carbons (Fsp3) is 0.136. The molecule has 0 atom stereocenters. The molecular weight excluding hydrogens is 454 g/mol. The molecule has 0 spiro atoms. The molecule has 1 amide bonds. The molecule has 3 aromatic rings. The Balaban J connectivity index is 1.92. The number of para-hydroxylation sites is 1. The first-order valence-electron chi connectivity index (χ1n) is 8.88. The molecule has 0 saturated heterocycles. The topological polar surface area (TPSA) is 63.7 Å². The van der Waals surface area contributed by atoms with E-state index in [1.807, 2.05) is 19.9 Å². The summed E-state index contributed by atoms with van der Waals surface area (Å²) in [7, 11) is -4.09. The monoisotopic (exact) mass is 473 g/mol. The molecule has 0 aliphatic heterocycles. The third-order valence-corrected chi connectivity index (χ3v) is 6.92. The summed E-state index contributed by atoms with van der Waals surface area (Å²) in [6.45, 7) is 3.35. The van der Waals surface area contributed by atoms with Crippen LogP contribution in [0.15, 0.2) is 82.2 Å². The fourth-order valence-corrected chi connectivity index (χ4v) is 4.36. The molecule has 29 heavy (non-hydrogen) atoms. The zero-order valence-electron chi connectivity index (χ0n) is 16.0. The van der Waals surface area contributed by atoms with Gasteiger partial charge in [0.05, 0.1) is 10.6 Å². The maximum Gasteiger partial charge on any atom is 0.278 e. The van der Waals surface area contributed by atoms with Crippen LogP contribution in [0.4, 0.5) is 5.69 Å². The SMILES string of the molecule is Cc1ccc(S(=O)(=O)N(C(=O)COc2ccc(Br)c(C)c2)c2ccccc2)cc1. The van der Waals surface area contributed by atoms with Crippen LogP contribution in [0.1, 0.15) is 11.1 Å². The lowest BCUT2D eigenvalue weighted by molar-refractivity contribution is -0.119. The molecular formula is C22H20BrNO4S. The standard InChI is InChI=1S/C22H20BrNO4S/c1-16-8-11-20(12-9-16)29(26,27)24(18-6-4-3-5-7-18)22(25)15-28-19-10-13-21(23)17(2)14-19/h3-14H,15H2,1-2H3. The largest absolute Gasteiger partial charge is 0.484 e. The van der Waals surface area contributed by atoms with Crippen LogP contribution in [0, 0.1) is 13.8 Å². The Labute approximate surface area is 179 Å². The summed E-state index contributed by atoms with van der Waals surface area (Å²) in [4.78, 5) is 13.0. The van der Waals surface area contributed by atoms with E-state index < -0.39 is 22.5 Å². The van der Waals surface area contributed by atoms with Gasteiger partial charge in [0.15, 0.2) is 6.61 Å². The molecule has 0 aliphatic rings. The van der Waals surface area contributed by atoms with Crippen molar-refractivity contribution in [2.24, 2.45) is 0 Å². The quantitative estimate of drug-likeness (QED) is 0.512. The highest BCUT2D eigenvalue weighted by Crippen LogP contribution is 2.25. The second-order valence-electron chi connectivity index (χ2n) is 6.51. The first kappa shape index (κ1) is 21.1. The Morgan fingerprint density at radius 3 is 2.24 bits per heavy atom. The Hall–Kier alpha value is -2.64. The van der Waals surface area contributed by atoms with E-state index >= 15 is 0 Å². The highest BCUT2D eigenvalue weighted by molar-refractivity contribution is 9.10. The van der Waals surface area contributed by atoms with Crippen LogP contribution in [0.3, 0.4) is 0 Å². The van der Waals surface area contributed by atoms with Crippen molar-refractivity contribution in [3.05, 3.63) is 88.4 Å². The third-order valence-electron chi connectivity index (χ3n) is 4.27. The molecule has 0 unspecified atom stereocenters. The first-order chi connectivity index (χ1) is 13.8. The molecule has 0 radical (unpaired) electrons. The van der Waals surface area contributed by atoms with Crippen molar-refractivity contribution in [2.45, 2.75) is 18.7 Å². The van der Waals surface area contributed by atoms with E-state index in [1.165, 1.54) is 12.1 Å². The number of ether oxygens (including phenoxy) is 1. The van der Waals surface area contributed by atoms with Gasteiger partial charge in [0.25, 0.3) is 15.9 Å². The van der Waals surface area contributed by atoms with Gasteiger partial charge in [-0.2, -0.15) is 4.31 Å². The van der Waals surface area contributed by atoms with Gasteiger partial charge >= 0.3 is 0 Å². The number of anilines is 1. The Kier molecular flexibility index (Phi) is 6.39. The minimum absolute atomic E-state index is 0.0415. The van der Waals surface area contributed by atoms with E-state index in [-0.39, 0.29) is 10.6 Å². The maximum absolute atomic E-state index is 13.2. The lowest BCUT2D eigenvalue weighted by atomic mass is 10.2. The van der Waals surface area contributed by atoms with Gasteiger partial charge in [-0.05, 0) is 61.9 Å². The van der Waals surface area contributed by atoms with E-state index in [4.69, 9.17) is 4.74 Å². The average molecular weight is 474 g/mol. The van der Waals surface area contributed by atoms with Gasteiger partial charge in [-0.1, -0.05) is 51.8 Å². The molecule has 3 aromatic carbocycles. The van der Waals surface area contributed by atoms with Crippen molar-refractivity contribution < 1.29 is 17.9 Å². The second kappa shape index (κ2) is 8.80. The Morgan fingerprint density at radius 1 is 0.966 bits per heavy atom. The number of carbonyl (C=O) groups is 1. The number of benzene rings is 3. The lowest BCUT2D eigenvalue weighted by Gasteiger charge is -2.23. The number of halogens is 1. The van der Waals surface area contributed by atoms with Gasteiger partial charge < -0.3 is 4.74 Å². The molecule has 0 bridgehead atoms. The first-order valence-corrected chi connectivity index (χ1v) is 11.1. The van der Waals surface area contributed by atoms with Gasteiger partial charge in [0.2, 0.25) is 0 Å². The lowest BCUT2D eigenvalue weighted by Crippen LogP contribution is -2.40. The van der Waals surface area contributed by atoms with Crippen LogP contribution in [-0.4, -0.2) is 20.9 Å². The molecule has 0 saturated carbocycles. The van der Waals surface area contributed by atoms with E-state index in [9.17, 15) is 13.2 Å². The summed E-state index contributed by atoms with van der Waals surface area (Å²) in [5.74, 6) is -0.197. The van der Waals surface area contributed by atoms with Crippen molar-refractivity contribution in [3.8, 4) is 5.75 Å². The van der Waals surface area contributed by atoms with Crippen LogP contribution in [0.25, 0.3) is 0 Å². The smallest absolute Gasteiger partial charge is 0.278 e. The van der Waals surface area contributed by atoms with Gasteiger partial charge in [-0.3, -0.25) is 4.79 Å². The number of amides is 1. The van der Waals surface area contributed by atoms with E-state index in [0.717, 1.165) is 19.9 Å². The molecule has 0 N–H and O–H groups in total. The normalized spacial score (nSPS) is 11.1. The third kappa shape index (κ3) is 4.86. The predicted molar refractivity (Wildman–Crippen MR) is 117 cm³/mol. The van der Waals surface area contributed by atoms with Gasteiger partial charge in [0, 0.05) is 4.47 Å². The highest BCUT2D eigenvalue weighted by Gasteiger charge is 2.31. The summed E-state index contributed by atoms with van der Waals surface area (Å²) in [5, 5.41) is 0. The fourth-order valence-electron chi connectivity index (χ4n) is 2.71. The number of hydrogen-bond donors (Lipinski definition) is 0. The minimum Gasteiger partial charge on any atom is -0.484 e. The molecule has 3 rings (SSSR count). The highest BCUT2D eigenvalue weighted by atomic mass is 79.9. The maximum atomic E-state index is 13.2. The zero-order valence-corrected chi connectivity index (χ0v) is 18.4.